The summed E-state index contributed by atoms with van der Waals surface area (Å²) in [6, 6.07) is 11.7. The molecule has 2 aliphatic rings. The highest BCUT2D eigenvalue weighted by Crippen LogP contribution is 2.35. The van der Waals surface area contributed by atoms with Gasteiger partial charge < -0.3 is 9.64 Å². The summed E-state index contributed by atoms with van der Waals surface area (Å²) < 4.78 is 33.1. The molecule has 0 saturated heterocycles. The monoisotopic (exact) mass is 386 g/mol. The Kier molecular flexibility index (Phi) is 4.55. The number of nitrogens with one attached hydrogen (secondary N) is 1. The van der Waals surface area contributed by atoms with Crippen molar-refractivity contribution in [3.05, 3.63) is 48.0 Å². The highest BCUT2D eigenvalue weighted by molar-refractivity contribution is 7.92. The van der Waals surface area contributed by atoms with Gasteiger partial charge in [-0.3, -0.25) is 9.52 Å². The number of fused-ring (bicyclic) bond motifs is 1. The van der Waals surface area contributed by atoms with Gasteiger partial charge in [0, 0.05) is 23.8 Å². The molecular formula is C20H22N2O4S. The Morgan fingerprint density at radius 1 is 1.15 bits per heavy atom. The molecule has 1 amide bonds. The maximum atomic E-state index is 12.7. The van der Waals surface area contributed by atoms with Crippen molar-refractivity contribution in [2.45, 2.75) is 30.6 Å². The number of nitrogens with zero attached hydrogens (tertiary/aromatic N) is 1. The van der Waals surface area contributed by atoms with E-state index in [9.17, 15) is 13.2 Å². The summed E-state index contributed by atoms with van der Waals surface area (Å²) >= 11 is 0. The zero-order chi connectivity index (χ0) is 19.0. The molecule has 0 unspecified atom stereocenters. The molecule has 1 saturated carbocycles. The van der Waals surface area contributed by atoms with Crippen LogP contribution in [0.25, 0.3) is 0 Å². The molecule has 7 heteroatoms. The number of amides is 1. The van der Waals surface area contributed by atoms with Crippen molar-refractivity contribution in [3.63, 3.8) is 0 Å². The molecule has 1 N–H and O–H groups in total. The average Bonchev–Trinajstić information content (AvgIpc) is 3.04. The first-order valence-electron chi connectivity index (χ1n) is 9.09. The molecule has 4 rings (SSSR count). The van der Waals surface area contributed by atoms with E-state index in [0.29, 0.717) is 24.4 Å². The SMILES string of the molecule is COc1ccc(NS(=O)(=O)c2ccc3c(c2)CCN3C(=O)C2CCC2)cc1. The topological polar surface area (TPSA) is 75.7 Å². The van der Waals surface area contributed by atoms with Gasteiger partial charge in [0.25, 0.3) is 10.0 Å². The number of carbonyl (C=O) groups excluding carboxylic acids is 1. The Labute approximate surface area is 159 Å². The first-order chi connectivity index (χ1) is 13.0. The number of sulfonamides is 1. The van der Waals surface area contributed by atoms with E-state index in [1.807, 2.05) is 4.90 Å². The number of methoxy groups -OCH3 is 1. The molecular weight excluding hydrogens is 364 g/mol. The second-order valence-electron chi connectivity index (χ2n) is 6.99. The van der Waals surface area contributed by atoms with Crippen LogP contribution < -0.4 is 14.4 Å². The number of anilines is 2. The van der Waals surface area contributed by atoms with E-state index in [4.69, 9.17) is 4.74 Å². The largest absolute Gasteiger partial charge is 0.497 e. The van der Waals surface area contributed by atoms with Gasteiger partial charge in [0.1, 0.15) is 5.75 Å². The minimum absolute atomic E-state index is 0.135. The lowest BCUT2D eigenvalue weighted by Crippen LogP contribution is -2.37. The zero-order valence-corrected chi connectivity index (χ0v) is 16.0. The molecule has 6 nitrogen and oxygen atoms in total. The van der Waals surface area contributed by atoms with Crippen molar-refractivity contribution in [1.82, 2.24) is 0 Å². The molecule has 1 heterocycles. The number of benzene rings is 2. The lowest BCUT2D eigenvalue weighted by atomic mass is 9.84. The van der Waals surface area contributed by atoms with Crippen LogP contribution in [-0.4, -0.2) is 28.0 Å². The van der Waals surface area contributed by atoms with Gasteiger partial charge >= 0.3 is 0 Å². The smallest absolute Gasteiger partial charge is 0.261 e. The minimum Gasteiger partial charge on any atom is -0.497 e. The lowest BCUT2D eigenvalue weighted by molar-refractivity contribution is -0.124. The van der Waals surface area contributed by atoms with Crippen molar-refractivity contribution in [2.24, 2.45) is 5.92 Å². The Balaban J connectivity index is 1.54. The van der Waals surface area contributed by atoms with Gasteiger partial charge in [0.15, 0.2) is 0 Å². The Morgan fingerprint density at radius 2 is 1.89 bits per heavy atom. The van der Waals surface area contributed by atoms with Crippen molar-refractivity contribution in [2.75, 3.05) is 23.3 Å². The molecule has 0 atom stereocenters. The van der Waals surface area contributed by atoms with Crippen LogP contribution in [0.3, 0.4) is 0 Å². The van der Waals surface area contributed by atoms with E-state index < -0.39 is 10.0 Å². The van der Waals surface area contributed by atoms with Crippen LogP contribution in [0.2, 0.25) is 0 Å². The van der Waals surface area contributed by atoms with Gasteiger partial charge in [-0.1, -0.05) is 6.42 Å². The van der Waals surface area contributed by atoms with E-state index in [0.717, 1.165) is 30.5 Å². The van der Waals surface area contributed by atoms with Gasteiger partial charge in [-0.25, -0.2) is 8.42 Å². The third-order valence-electron chi connectivity index (χ3n) is 5.32. The van der Waals surface area contributed by atoms with Crippen LogP contribution in [0, 0.1) is 5.92 Å². The number of hydrogen-bond donors (Lipinski definition) is 1. The molecule has 2 aromatic rings. The van der Waals surface area contributed by atoms with Gasteiger partial charge in [-0.15, -0.1) is 0 Å². The molecule has 142 valence electrons. The number of rotatable bonds is 5. The summed E-state index contributed by atoms with van der Waals surface area (Å²) in [4.78, 5) is 14.6. The molecule has 2 aromatic carbocycles. The van der Waals surface area contributed by atoms with Crippen LogP contribution in [-0.2, 0) is 21.2 Å². The molecule has 1 aliphatic carbocycles. The van der Waals surface area contributed by atoms with E-state index >= 15 is 0 Å². The Bertz CT molecular complexity index is 966. The Hall–Kier alpha value is -2.54. The molecule has 0 aromatic heterocycles. The quantitative estimate of drug-likeness (QED) is 0.856. The first-order valence-corrected chi connectivity index (χ1v) is 10.6. The summed E-state index contributed by atoms with van der Waals surface area (Å²) in [7, 11) is -2.14. The first kappa shape index (κ1) is 17.9. The second kappa shape index (κ2) is 6.88. The summed E-state index contributed by atoms with van der Waals surface area (Å²) in [5, 5.41) is 0. The normalized spacial score (nSPS) is 16.6. The van der Waals surface area contributed by atoms with E-state index in [1.54, 1.807) is 49.6 Å². The fraction of sp³-hybridized carbons (Fsp3) is 0.350. The van der Waals surface area contributed by atoms with Gasteiger partial charge in [0.05, 0.1) is 12.0 Å². The molecule has 0 spiro atoms. The van der Waals surface area contributed by atoms with Crippen LogP contribution in [0.1, 0.15) is 24.8 Å². The summed E-state index contributed by atoms with van der Waals surface area (Å²) in [6.45, 7) is 0.625. The number of ether oxygens (including phenoxy) is 1. The highest BCUT2D eigenvalue weighted by Gasteiger charge is 2.33. The van der Waals surface area contributed by atoms with Gasteiger partial charge in [0.2, 0.25) is 5.91 Å². The number of hydrogen-bond acceptors (Lipinski definition) is 4. The molecule has 27 heavy (non-hydrogen) atoms. The molecule has 1 fully saturated rings. The second-order valence-corrected chi connectivity index (χ2v) is 8.67. The lowest BCUT2D eigenvalue weighted by Gasteiger charge is -2.29. The van der Waals surface area contributed by atoms with Crippen LogP contribution in [0.5, 0.6) is 5.75 Å². The average molecular weight is 386 g/mol. The molecule has 0 radical (unpaired) electrons. The summed E-state index contributed by atoms with van der Waals surface area (Å²) in [6.07, 6.45) is 3.72. The summed E-state index contributed by atoms with van der Waals surface area (Å²) in [5.74, 6) is 0.967. The fourth-order valence-electron chi connectivity index (χ4n) is 3.52. The number of carbonyl (C=O) groups is 1. The van der Waals surface area contributed by atoms with Crippen molar-refractivity contribution >= 4 is 27.3 Å². The molecule has 1 aliphatic heterocycles. The van der Waals surface area contributed by atoms with Crippen LogP contribution in [0.15, 0.2) is 47.4 Å². The van der Waals surface area contributed by atoms with Crippen LogP contribution in [0.4, 0.5) is 11.4 Å². The predicted octanol–water partition coefficient (Wildman–Crippen LogP) is 3.19. The zero-order valence-electron chi connectivity index (χ0n) is 15.1. The van der Waals surface area contributed by atoms with Crippen molar-refractivity contribution in [3.8, 4) is 5.75 Å². The van der Waals surface area contributed by atoms with E-state index in [-0.39, 0.29) is 16.7 Å². The Morgan fingerprint density at radius 3 is 2.52 bits per heavy atom. The van der Waals surface area contributed by atoms with E-state index in [2.05, 4.69) is 4.72 Å². The fourth-order valence-corrected chi connectivity index (χ4v) is 4.63. The molecule has 0 bridgehead atoms. The van der Waals surface area contributed by atoms with Gasteiger partial charge in [-0.05, 0) is 67.3 Å². The van der Waals surface area contributed by atoms with Crippen molar-refractivity contribution < 1.29 is 17.9 Å². The third kappa shape index (κ3) is 3.39. The highest BCUT2D eigenvalue weighted by atomic mass is 32.2. The third-order valence-corrected chi connectivity index (χ3v) is 6.70. The van der Waals surface area contributed by atoms with Crippen molar-refractivity contribution in [1.29, 1.82) is 0 Å². The van der Waals surface area contributed by atoms with Gasteiger partial charge in [-0.2, -0.15) is 0 Å². The maximum absolute atomic E-state index is 12.7. The van der Waals surface area contributed by atoms with Crippen LogP contribution >= 0.6 is 0 Å². The maximum Gasteiger partial charge on any atom is 0.261 e. The minimum atomic E-state index is -3.70. The predicted molar refractivity (Wildman–Crippen MR) is 104 cm³/mol. The standard InChI is InChI=1S/C20H22N2O4S/c1-26-17-7-5-16(6-8-17)21-27(24,25)18-9-10-19-15(13-18)11-12-22(19)20(23)14-3-2-4-14/h5-10,13-14,21H,2-4,11-12H2,1H3. The summed E-state index contributed by atoms with van der Waals surface area (Å²) in [5.41, 5.74) is 2.22. The van der Waals surface area contributed by atoms with E-state index in [1.165, 1.54) is 0 Å².